The highest BCUT2D eigenvalue weighted by atomic mass is 16.5. The number of ether oxygens (including phenoxy) is 1. The quantitative estimate of drug-likeness (QED) is 0.709. The molecule has 3 aromatic rings. The van der Waals surface area contributed by atoms with Crippen LogP contribution in [0.25, 0.3) is 16.9 Å². The van der Waals surface area contributed by atoms with E-state index in [2.05, 4.69) is 20.1 Å². The van der Waals surface area contributed by atoms with E-state index in [1.807, 2.05) is 35.0 Å². The maximum Gasteiger partial charge on any atom is 0.177 e. The minimum Gasteiger partial charge on any atom is -0.383 e. The molecule has 0 unspecified atom stereocenters. The normalized spacial score (nSPS) is 16.5. The lowest BCUT2D eigenvalue weighted by molar-refractivity contribution is 0.129. The fraction of sp³-hybridized carbons (Fsp3) is 0.444. The van der Waals surface area contributed by atoms with Gasteiger partial charge in [0.05, 0.1) is 12.3 Å². The van der Waals surface area contributed by atoms with Crippen LogP contribution in [-0.4, -0.2) is 63.0 Å². The van der Waals surface area contributed by atoms with Crippen molar-refractivity contribution in [3.63, 3.8) is 0 Å². The third-order valence-electron chi connectivity index (χ3n) is 4.81. The van der Waals surface area contributed by atoms with Gasteiger partial charge in [-0.3, -0.25) is 4.98 Å². The minimum absolute atomic E-state index is 0.394. The van der Waals surface area contributed by atoms with Crippen molar-refractivity contribution in [3.05, 3.63) is 42.5 Å². The maximum absolute atomic E-state index is 5.17. The second-order valence-electron chi connectivity index (χ2n) is 6.40. The average Bonchev–Trinajstić information content (AvgIpc) is 3.10. The number of likely N-dealkylation sites (tertiary alicyclic amines) is 1. The Morgan fingerprint density at radius 1 is 1.16 bits per heavy atom. The van der Waals surface area contributed by atoms with Gasteiger partial charge >= 0.3 is 0 Å². The summed E-state index contributed by atoms with van der Waals surface area (Å²) in [6.07, 6.45) is 5.74. The second-order valence-corrected chi connectivity index (χ2v) is 6.40. The number of hydrogen-bond acceptors (Lipinski definition) is 6. The Morgan fingerprint density at radius 3 is 2.80 bits per heavy atom. The van der Waals surface area contributed by atoms with Crippen LogP contribution < -0.4 is 0 Å². The first-order chi connectivity index (χ1) is 12.3. The van der Waals surface area contributed by atoms with Crippen molar-refractivity contribution in [2.24, 2.45) is 0 Å². The highest BCUT2D eigenvalue weighted by Gasteiger charge is 2.25. The second kappa shape index (κ2) is 7.25. The molecule has 4 heterocycles. The molecule has 0 aromatic carbocycles. The van der Waals surface area contributed by atoms with Gasteiger partial charge in [0.1, 0.15) is 0 Å². The number of pyridine rings is 1. The third kappa shape index (κ3) is 3.38. The van der Waals surface area contributed by atoms with Gasteiger partial charge < -0.3 is 9.64 Å². The number of methoxy groups -OCH3 is 1. The van der Waals surface area contributed by atoms with E-state index in [1.54, 1.807) is 13.3 Å². The molecule has 130 valence electrons. The van der Waals surface area contributed by atoms with Crippen LogP contribution in [0.15, 0.2) is 36.7 Å². The van der Waals surface area contributed by atoms with Gasteiger partial charge in [-0.05, 0) is 50.2 Å². The summed E-state index contributed by atoms with van der Waals surface area (Å²) in [7, 11) is 1.75. The molecule has 0 bridgehead atoms. The number of nitrogens with zero attached hydrogens (tertiary/aromatic N) is 6. The summed E-state index contributed by atoms with van der Waals surface area (Å²) < 4.78 is 7.07. The van der Waals surface area contributed by atoms with Crippen molar-refractivity contribution in [2.75, 3.05) is 33.4 Å². The highest BCUT2D eigenvalue weighted by molar-refractivity contribution is 5.58. The first kappa shape index (κ1) is 16.1. The van der Waals surface area contributed by atoms with Crippen molar-refractivity contribution < 1.29 is 4.74 Å². The fourth-order valence-electron chi connectivity index (χ4n) is 3.36. The summed E-state index contributed by atoms with van der Waals surface area (Å²) in [4.78, 5) is 6.62. The molecule has 1 fully saturated rings. The molecular formula is C18H22N6O. The lowest BCUT2D eigenvalue weighted by Crippen LogP contribution is -2.35. The number of piperidine rings is 1. The van der Waals surface area contributed by atoms with E-state index in [0.717, 1.165) is 61.8 Å². The van der Waals surface area contributed by atoms with E-state index in [0.29, 0.717) is 5.92 Å². The average molecular weight is 338 g/mol. The lowest BCUT2D eigenvalue weighted by Gasteiger charge is -2.30. The predicted octanol–water partition coefficient (Wildman–Crippen LogP) is 2.01. The molecule has 0 N–H and O–H groups in total. The monoisotopic (exact) mass is 338 g/mol. The smallest absolute Gasteiger partial charge is 0.177 e. The van der Waals surface area contributed by atoms with Crippen LogP contribution in [0.4, 0.5) is 0 Å². The Balaban J connectivity index is 1.56. The first-order valence-corrected chi connectivity index (χ1v) is 8.69. The molecule has 0 spiro atoms. The van der Waals surface area contributed by atoms with Gasteiger partial charge in [-0.25, -0.2) is 0 Å². The van der Waals surface area contributed by atoms with Crippen molar-refractivity contribution in [1.82, 2.24) is 29.7 Å². The maximum atomic E-state index is 5.17. The van der Waals surface area contributed by atoms with E-state index in [9.17, 15) is 0 Å². The van der Waals surface area contributed by atoms with Crippen LogP contribution in [0.3, 0.4) is 0 Å². The topological polar surface area (TPSA) is 68.4 Å². The van der Waals surface area contributed by atoms with Crippen LogP contribution in [0, 0.1) is 0 Å². The number of hydrogen-bond donors (Lipinski definition) is 0. The summed E-state index contributed by atoms with van der Waals surface area (Å²) in [5, 5.41) is 13.5. The molecule has 1 aliphatic heterocycles. The molecule has 0 aliphatic carbocycles. The van der Waals surface area contributed by atoms with Crippen LogP contribution >= 0.6 is 0 Å². The van der Waals surface area contributed by atoms with Gasteiger partial charge in [0.15, 0.2) is 11.5 Å². The van der Waals surface area contributed by atoms with Gasteiger partial charge in [0.25, 0.3) is 0 Å². The number of aromatic nitrogens is 5. The Labute approximate surface area is 146 Å². The molecule has 0 radical (unpaired) electrons. The molecule has 1 saturated heterocycles. The van der Waals surface area contributed by atoms with Gasteiger partial charge in [-0.2, -0.15) is 9.61 Å². The predicted molar refractivity (Wildman–Crippen MR) is 94.3 cm³/mol. The molecule has 25 heavy (non-hydrogen) atoms. The van der Waals surface area contributed by atoms with Crippen molar-refractivity contribution in [2.45, 2.75) is 18.8 Å². The first-order valence-electron chi connectivity index (χ1n) is 8.69. The highest BCUT2D eigenvalue weighted by Crippen LogP contribution is 2.27. The minimum atomic E-state index is 0.394. The zero-order chi connectivity index (χ0) is 17.1. The van der Waals surface area contributed by atoms with Crippen molar-refractivity contribution >= 4 is 5.65 Å². The summed E-state index contributed by atoms with van der Waals surface area (Å²) in [6.45, 7) is 3.90. The molecule has 3 aromatic heterocycles. The molecule has 0 saturated carbocycles. The van der Waals surface area contributed by atoms with Gasteiger partial charge in [0, 0.05) is 37.5 Å². The SMILES string of the molecule is COCCN1CCC(c2nnc3ccc(-c4cccnc4)nn23)CC1. The summed E-state index contributed by atoms with van der Waals surface area (Å²) >= 11 is 0. The van der Waals surface area contributed by atoms with Crippen molar-refractivity contribution in [3.8, 4) is 11.3 Å². The number of fused-ring (bicyclic) bond motifs is 1. The lowest BCUT2D eigenvalue weighted by atomic mass is 9.96. The van der Waals surface area contributed by atoms with Crippen LogP contribution in [0.5, 0.6) is 0 Å². The Morgan fingerprint density at radius 2 is 2.04 bits per heavy atom. The molecule has 4 rings (SSSR count). The molecular weight excluding hydrogens is 316 g/mol. The zero-order valence-corrected chi connectivity index (χ0v) is 14.4. The van der Waals surface area contributed by atoms with Gasteiger partial charge in [0.2, 0.25) is 0 Å². The van der Waals surface area contributed by atoms with Crippen molar-refractivity contribution in [1.29, 1.82) is 0 Å². The van der Waals surface area contributed by atoms with Gasteiger partial charge in [-0.1, -0.05) is 0 Å². The Hall–Kier alpha value is -2.38. The van der Waals surface area contributed by atoms with E-state index in [4.69, 9.17) is 9.84 Å². The van der Waals surface area contributed by atoms with Crippen LogP contribution in [-0.2, 0) is 4.74 Å². The largest absolute Gasteiger partial charge is 0.383 e. The van der Waals surface area contributed by atoms with E-state index >= 15 is 0 Å². The van der Waals surface area contributed by atoms with E-state index < -0.39 is 0 Å². The van der Waals surface area contributed by atoms with E-state index in [1.165, 1.54) is 0 Å². The number of rotatable bonds is 5. The molecule has 1 aliphatic rings. The Kier molecular flexibility index (Phi) is 4.67. The molecule has 0 atom stereocenters. The summed E-state index contributed by atoms with van der Waals surface area (Å²) in [5.74, 6) is 1.36. The van der Waals surface area contributed by atoms with E-state index in [-0.39, 0.29) is 0 Å². The Bertz CT molecular complexity index is 826. The van der Waals surface area contributed by atoms with Crippen LogP contribution in [0.2, 0.25) is 0 Å². The van der Waals surface area contributed by atoms with Gasteiger partial charge in [-0.15, -0.1) is 10.2 Å². The molecule has 7 heteroatoms. The fourth-order valence-corrected chi connectivity index (χ4v) is 3.36. The summed E-state index contributed by atoms with van der Waals surface area (Å²) in [5.41, 5.74) is 2.68. The standard InChI is InChI=1S/C18H22N6O/c1-25-12-11-23-9-6-14(7-10-23)18-21-20-17-5-4-16(22-24(17)18)15-3-2-8-19-13-15/h2-5,8,13-14H,6-7,9-12H2,1H3. The van der Waals surface area contributed by atoms with Crippen LogP contribution in [0.1, 0.15) is 24.6 Å². The molecule has 7 nitrogen and oxygen atoms in total. The summed E-state index contributed by atoms with van der Waals surface area (Å²) in [6, 6.07) is 7.88. The zero-order valence-electron chi connectivity index (χ0n) is 14.4. The third-order valence-corrected chi connectivity index (χ3v) is 4.81. The molecule has 0 amide bonds.